The Morgan fingerprint density at radius 3 is 2.57 bits per heavy atom. The number of benzene rings is 2. The molecule has 3 N–H and O–H groups in total. The highest BCUT2D eigenvalue weighted by Crippen LogP contribution is 2.32. The average molecular weight is 358 g/mol. The number of aryl methyl sites for hydroxylation is 1. The Morgan fingerprint density at radius 1 is 1.29 bits per heavy atom. The van der Waals surface area contributed by atoms with Gasteiger partial charge in [0.1, 0.15) is 5.75 Å². The van der Waals surface area contributed by atoms with Gasteiger partial charge >= 0.3 is 5.97 Å². The first-order chi connectivity index (χ1) is 9.79. The van der Waals surface area contributed by atoms with E-state index in [4.69, 9.17) is 15.6 Å². The van der Waals surface area contributed by atoms with Crippen molar-refractivity contribution in [2.45, 2.75) is 6.92 Å². The Hall–Kier alpha value is -2.15. The molecular weight excluding hydrogens is 348 g/mol. The SMILES string of the molecule is Cc1cc(Oc2cc(Br)cc(F)c2F)cc(C(=O)O)c1N. The quantitative estimate of drug-likeness (QED) is 0.640. The van der Waals surface area contributed by atoms with Crippen molar-refractivity contribution in [2.24, 2.45) is 0 Å². The van der Waals surface area contributed by atoms with Crippen molar-refractivity contribution in [3.8, 4) is 11.5 Å². The Balaban J connectivity index is 2.48. The molecule has 0 amide bonds. The summed E-state index contributed by atoms with van der Waals surface area (Å²) in [7, 11) is 0. The van der Waals surface area contributed by atoms with Gasteiger partial charge in [-0.1, -0.05) is 15.9 Å². The molecule has 0 spiro atoms. The van der Waals surface area contributed by atoms with Gasteiger partial charge in [0.25, 0.3) is 0 Å². The van der Waals surface area contributed by atoms with Crippen LogP contribution in [0, 0.1) is 18.6 Å². The van der Waals surface area contributed by atoms with E-state index in [1.807, 2.05) is 0 Å². The Morgan fingerprint density at radius 2 is 1.95 bits per heavy atom. The van der Waals surface area contributed by atoms with Gasteiger partial charge in [-0.05, 0) is 36.8 Å². The van der Waals surface area contributed by atoms with E-state index in [1.165, 1.54) is 12.1 Å². The molecule has 0 fully saturated rings. The van der Waals surface area contributed by atoms with Gasteiger partial charge in [0.2, 0.25) is 5.82 Å². The second-order valence-corrected chi connectivity index (χ2v) is 5.22. The molecule has 0 saturated heterocycles. The molecule has 110 valence electrons. The Labute approximate surface area is 127 Å². The minimum absolute atomic E-state index is 0.0514. The van der Waals surface area contributed by atoms with Crippen LogP contribution < -0.4 is 10.5 Å². The molecule has 21 heavy (non-hydrogen) atoms. The van der Waals surface area contributed by atoms with Crippen LogP contribution in [0.5, 0.6) is 11.5 Å². The number of carboxylic acids is 1. The highest BCUT2D eigenvalue weighted by Gasteiger charge is 2.16. The summed E-state index contributed by atoms with van der Waals surface area (Å²) in [4.78, 5) is 11.1. The molecule has 2 aromatic carbocycles. The Bertz CT molecular complexity index is 735. The molecule has 0 unspecified atom stereocenters. The number of ether oxygens (including phenoxy) is 1. The zero-order valence-electron chi connectivity index (χ0n) is 10.8. The van der Waals surface area contributed by atoms with Crippen LogP contribution in [0.25, 0.3) is 0 Å². The maximum atomic E-state index is 13.6. The predicted octanol–water partition coefficient (Wildman–Crippen LogP) is 4.11. The first-order valence-corrected chi connectivity index (χ1v) is 6.54. The van der Waals surface area contributed by atoms with Gasteiger partial charge in [-0.2, -0.15) is 4.39 Å². The third-order valence-electron chi connectivity index (χ3n) is 2.78. The molecule has 2 rings (SSSR count). The summed E-state index contributed by atoms with van der Waals surface area (Å²) in [5, 5.41) is 9.05. The molecule has 0 saturated carbocycles. The first kappa shape index (κ1) is 15.2. The molecule has 4 nitrogen and oxygen atoms in total. The van der Waals surface area contributed by atoms with E-state index in [0.29, 0.717) is 10.0 Å². The van der Waals surface area contributed by atoms with E-state index in [0.717, 1.165) is 12.1 Å². The number of nitrogen functional groups attached to an aromatic ring is 1. The van der Waals surface area contributed by atoms with Crippen molar-refractivity contribution < 1.29 is 23.4 Å². The van der Waals surface area contributed by atoms with Crippen LogP contribution in [0.2, 0.25) is 0 Å². The normalized spacial score (nSPS) is 10.5. The molecule has 0 aliphatic rings. The van der Waals surface area contributed by atoms with E-state index in [9.17, 15) is 13.6 Å². The van der Waals surface area contributed by atoms with Crippen molar-refractivity contribution in [2.75, 3.05) is 5.73 Å². The summed E-state index contributed by atoms with van der Waals surface area (Å²) in [6.45, 7) is 1.59. The number of hydrogen-bond donors (Lipinski definition) is 2. The van der Waals surface area contributed by atoms with E-state index in [1.54, 1.807) is 6.92 Å². The van der Waals surface area contributed by atoms with E-state index in [2.05, 4.69) is 15.9 Å². The van der Waals surface area contributed by atoms with Gasteiger partial charge in [-0.25, -0.2) is 9.18 Å². The van der Waals surface area contributed by atoms with Crippen LogP contribution in [-0.4, -0.2) is 11.1 Å². The average Bonchev–Trinajstić information content (AvgIpc) is 2.39. The molecule has 0 aliphatic carbocycles. The fraction of sp³-hybridized carbons (Fsp3) is 0.0714. The van der Waals surface area contributed by atoms with Crippen molar-refractivity contribution in [1.82, 2.24) is 0 Å². The molecule has 0 atom stereocenters. The molecule has 0 radical (unpaired) electrons. The van der Waals surface area contributed by atoms with Crippen LogP contribution in [0.3, 0.4) is 0 Å². The third kappa shape index (κ3) is 3.13. The third-order valence-corrected chi connectivity index (χ3v) is 3.24. The summed E-state index contributed by atoms with van der Waals surface area (Å²) in [5.41, 5.74) is 6.03. The molecule has 0 aromatic heterocycles. The monoisotopic (exact) mass is 357 g/mol. The van der Waals surface area contributed by atoms with Gasteiger partial charge < -0.3 is 15.6 Å². The highest BCUT2D eigenvalue weighted by atomic mass is 79.9. The van der Waals surface area contributed by atoms with Crippen LogP contribution in [0.15, 0.2) is 28.7 Å². The predicted molar refractivity (Wildman–Crippen MR) is 76.7 cm³/mol. The number of carbonyl (C=O) groups is 1. The number of nitrogens with two attached hydrogens (primary N) is 1. The van der Waals surface area contributed by atoms with Crippen molar-refractivity contribution in [1.29, 1.82) is 0 Å². The lowest BCUT2D eigenvalue weighted by Crippen LogP contribution is -2.05. The lowest BCUT2D eigenvalue weighted by atomic mass is 10.1. The van der Waals surface area contributed by atoms with Crippen LogP contribution in [-0.2, 0) is 0 Å². The lowest BCUT2D eigenvalue weighted by Gasteiger charge is -2.11. The largest absolute Gasteiger partial charge is 0.478 e. The fourth-order valence-electron chi connectivity index (χ4n) is 1.73. The van der Waals surface area contributed by atoms with Crippen LogP contribution >= 0.6 is 15.9 Å². The number of anilines is 1. The molecule has 2 aromatic rings. The minimum Gasteiger partial charge on any atom is -0.478 e. The van der Waals surface area contributed by atoms with E-state index >= 15 is 0 Å². The van der Waals surface area contributed by atoms with Crippen molar-refractivity contribution in [3.05, 3.63) is 51.5 Å². The summed E-state index contributed by atoms with van der Waals surface area (Å²) < 4.78 is 32.5. The topological polar surface area (TPSA) is 72.5 Å². The van der Waals surface area contributed by atoms with Crippen molar-refractivity contribution in [3.63, 3.8) is 0 Å². The number of halogens is 3. The summed E-state index contributed by atoms with van der Waals surface area (Å²) in [6.07, 6.45) is 0. The second-order valence-electron chi connectivity index (χ2n) is 4.31. The maximum Gasteiger partial charge on any atom is 0.337 e. The van der Waals surface area contributed by atoms with Gasteiger partial charge in [0, 0.05) is 10.2 Å². The van der Waals surface area contributed by atoms with Gasteiger partial charge in [-0.3, -0.25) is 0 Å². The van der Waals surface area contributed by atoms with Gasteiger partial charge in [-0.15, -0.1) is 0 Å². The smallest absolute Gasteiger partial charge is 0.337 e. The minimum atomic E-state index is -1.23. The summed E-state index contributed by atoms with van der Waals surface area (Å²) >= 11 is 3.02. The van der Waals surface area contributed by atoms with E-state index < -0.39 is 17.6 Å². The highest BCUT2D eigenvalue weighted by molar-refractivity contribution is 9.10. The number of hydrogen-bond acceptors (Lipinski definition) is 3. The van der Waals surface area contributed by atoms with Crippen LogP contribution in [0.4, 0.5) is 14.5 Å². The summed E-state index contributed by atoms with van der Waals surface area (Å²) in [6, 6.07) is 4.80. The fourth-order valence-corrected chi connectivity index (χ4v) is 2.14. The van der Waals surface area contributed by atoms with Gasteiger partial charge in [0.15, 0.2) is 11.6 Å². The lowest BCUT2D eigenvalue weighted by molar-refractivity contribution is 0.0697. The molecule has 0 heterocycles. The van der Waals surface area contributed by atoms with Crippen molar-refractivity contribution >= 4 is 27.6 Å². The second kappa shape index (κ2) is 5.69. The number of rotatable bonds is 3. The Kier molecular flexibility index (Phi) is 4.13. The van der Waals surface area contributed by atoms with Gasteiger partial charge in [0.05, 0.1) is 5.56 Å². The molecule has 0 bridgehead atoms. The zero-order valence-corrected chi connectivity index (χ0v) is 12.4. The molecular formula is C14H10BrF2NO3. The summed E-state index contributed by atoms with van der Waals surface area (Å²) in [5.74, 6) is -3.78. The van der Waals surface area contributed by atoms with E-state index in [-0.39, 0.29) is 22.7 Å². The van der Waals surface area contributed by atoms with Crippen LogP contribution in [0.1, 0.15) is 15.9 Å². The molecule has 0 aliphatic heterocycles. The standard InChI is InChI=1S/C14H10BrF2NO3/c1-6-2-8(5-9(13(6)18)14(19)20)21-11-4-7(15)3-10(16)12(11)17/h2-5H,18H2,1H3,(H,19,20). The zero-order chi connectivity index (χ0) is 15.7. The first-order valence-electron chi connectivity index (χ1n) is 5.75. The number of carboxylic acid groups (broad SMARTS) is 1. The number of aromatic carboxylic acids is 1. The maximum absolute atomic E-state index is 13.6. The molecule has 7 heteroatoms.